The Hall–Kier alpha value is -2.76. The van der Waals surface area contributed by atoms with Crippen molar-refractivity contribution in [1.29, 1.82) is 0 Å². The van der Waals surface area contributed by atoms with Gasteiger partial charge < -0.3 is 19.5 Å². The van der Waals surface area contributed by atoms with Crippen molar-refractivity contribution in [2.24, 2.45) is 4.99 Å². The van der Waals surface area contributed by atoms with Gasteiger partial charge >= 0.3 is 0 Å². The van der Waals surface area contributed by atoms with Crippen LogP contribution in [0, 0.1) is 12.7 Å². The summed E-state index contributed by atoms with van der Waals surface area (Å²) in [6, 6.07) is 8.37. The highest BCUT2D eigenvalue weighted by Gasteiger charge is 2.11. The molecule has 5 nitrogen and oxygen atoms in total. The van der Waals surface area contributed by atoms with Crippen molar-refractivity contribution in [3.05, 3.63) is 59.5 Å². The molecule has 0 spiro atoms. The maximum absolute atomic E-state index is 13.4. The Kier molecular flexibility index (Phi) is 5.38. The number of hydrogen-bond acceptors (Lipinski definition) is 3. The maximum Gasteiger partial charge on any atom is 0.191 e. The van der Waals surface area contributed by atoms with Crippen molar-refractivity contribution >= 4 is 16.9 Å². The Bertz CT molecular complexity index is 853. The van der Waals surface area contributed by atoms with Crippen LogP contribution >= 0.6 is 0 Å². The minimum Gasteiger partial charge on any atom is -0.469 e. The third-order valence-corrected chi connectivity index (χ3v) is 3.97. The van der Waals surface area contributed by atoms with Crippen LogP contribution < -0.4 is 10.6 Å². The molecular formula is C19H22FN3O2. The van der Waals surface area contributed by atoms with E-state index in [0.29, 0.717) is 24.6 Å². The van der Waals surface area contributed by atoms with Crippen LogP contribution in [0.25, 0.3) is 11.0 Å². The molecule has 1 aromatic carbocycles. The first-order valence-electron chi connectivity index (χ1n) is 8.39. The third-order valence-electron chi connectivity index (χ3n) is 3.97. The average molecular weight is 343 g/mol. The fourth-order valence-corrected chi connectivity index (χ4v) is 2.65. The summed E-state index contributed by atoms with van der Waals surface area (Å²) in [5, 5.41) is 7.26. The van der Waals surface area contributed by atoms with Gasteiger partial charge in [0.05, 0.1) is 6.26 Å². The van der Waals surface area contributed by atoms with Crippen LogP contribution in [-0.2, 0) is 13.0 Å². The lowest BCUT2D eigenvalue weighted by atomic mass is 10.1. The third kappa shape index (κ3) is 4.21. The van der Waals surface area contributed by atoms with Crippen molar-refractivity contribution in [3.63, 3.8) is 0 Å². The van der Waals surface area contributed by atoms with Crippen LogP contribution in [-0.4, -0.2) is 19.0 Å². The van der Waals surface area contributed by atoms with Crippen molar-refractivity contribution in [3.8, 4) is 0 Å². The quantitative estimate of drug-likeness (QED) is 0.528. The van der Waals surface area contributed by atoms with Gasteiger partial charge in [-0.1, -0.05) is 0 Å². The predicted octanol–water partition coefficient (Wildman–Crippen LogP) is 3.77. The number of aliphatic imine (C=N–C) groups is 1. The number of guanidine groups is 1. The Balaban J connectivity index is 1.67. The van der Waals surface area contributed by atoms with Crippen molar-refractivity contribution in [2.45, 2.75) is 26.8 Å². The lowest BCUT2D eigenvalue weighted by Crippen LogP contribution is -2.38. The fourth-order valence-electron chi connectivity index (χ4n) is 2.65. The van der Waals surface area contributed by atoms with Crippen LogP contribution in [0.3, 0.4) is 0 Å². The van der Waals surface area contributed by atoms with Gasteiger partial charge in [-0.15, -0.1) is 0 Å². The molecular weight excluding hydrogens is 321 g/mol. The second kappa shape index (κ2) is 7.88. The fraction of sp³-hybridized carbons (Fsp3) is 0.316. The molecule has 132 valence electrons. The average Bonchev–Trinajstić information content (AvgIpc) is 3.22. The van der Waals surface area contributed by atoms with Gasteiger partial charge in [-0.2, -0.15) is 0 Å². The molecule has 0 aliphatic heterocycles. The van der Waals surface area contributed by atoms with E-state index in [0.717, 1.165) is 35.4 Å². The lowest BCUT2D eigenvalue weighted by molar-refractivity contribution is 0.506. The molecule has 0 bridgehead atoms. The van der Waals surface area contributed by atoms with Gasteiger partial charge in [-0.05, 0) is 44.2 Å². The van der Waals surface area contributed by atoms with Gasteiger partial charge in [-0.25, -0.2) is 9.38 Å². The monoisotopic (exact) mass is 343 g/mol. The molecule has 0 saturated carbocycles. The molecule has 0 fully saturated rings. The van der Waals surface area contributed by atoms with Crippen LogP contribution in [0.4, 0.5) is 4.39 Å². The first-order chi connectivity index (χ1) is 12.2. The SMILES string of the molecule is CCNC(=NCc1oc2ccc(F)cc2c1C)NCCc1ccco1. The van der Waals surface area contributed by atoms with Crippen molar-refractivity contribution < 1.29 is 13.2 Å². The van der Waals surface area contributed by atoms with E-state index in [9.17, 15) is 4.39 Å². The van der Waals surface area contributed by atoms with E-state index in [1.54, 1.807) is 12.3 Å². The van der Waals surface area contributed by atoms with Crippen molar-refractivity contribution in [2.75, 3.05) is 13.1 Å². The molecule has 2 aromatic heterocycles. The molecule has 3 rings (SSSR count). The van der Waals surface area contributed by atoms with E-state index in [1.807, 2.05) is 26.0 Å². The van der Waals surface area contributed by atoms with E-state index in [2.05, 4.69) is 15.6 Å². The predicted molar refractivity (Wildman–Crippen MR) is 96.1 cm³/mol. The molecule has 0 radical (unpaired) electrons. The molecule has 6 heteroatoms. The van der Waals surface area contributed by atoms with Crippen LogP contribution in [0.15, 0.2) is 50.4 Å². The summed E-state index contributed by atoms with van der Waals surface area (Å²) in [6.07, 6.45) is 2.45. The number of rotatable bonds is 6. The standard InChI is InChI=1S/C19H22FN3O2/c1-3-21-19(22-9-8-15-5-4-10-24-15)23-12-18-13(2)16-11-14(20)6-7-17(16)25-18/h4-7,10-11H,3,8-9,12H2,1-2H3,(H2,21,22,23). The summed E-state index contributed by atoms with van der Waals surface area (Å²) in [6.45, 7) is 5.80. The van der Waals surface area contributed by atoms with Gasteiger partial charge in [0.15, 0.2) is 5.96 Å². The number of fused-ring (bicyclic) bond motifs is 1. The molecule has 0 aliphatic rings. The second-order valence-corrected chi connectivity index (χ2v) is 5.74. The highest BCUT2D eigenvalue weighted by atomic mass is 19.1. The minimum atomic E-state index is -0.264. The number of halogens is 1. The van der Waals surface area contributed by atoms with E-state index in [1.165, 1.54) is 12.1 Å². The normalized spacial score (nSPS) is 11.9. The minimum absolute atomic E-state index is 0.264. The maximum atomic E-state index is 13.4. The number of nitrogens with zero attached hydrogens (tertiary/aromatic N) is 1. The van der Waals surface area contributed by atoms with Crippen LogP contribution in [0.5, 0.6) is 0 Å². The van der Waals surface area contributed by atoms with Gasteiger partial charge in [0, 0.05) is 30.5 Å². The largest absolute Gasteiger partial charge is 0.469 e. The summed E-state index contributed by atoms with van der Waals surface area (Å²) < 4.78 is 24.5. The molecule has 0 aliphatic carbocycles. The van der Waals surface area contributed by atoms with Crippen LogP contribution in [0.1, 0.15) is 24.0 Å². The summed E-state index contributed by atoms with van der Waals surface area (Å²) in [4.78, 5) is 4.56. The van der Waals surface area contributed by atoms with Gasteiger partial charge in [0.1, 0.15) is 29.5 Å². The lowest BCUT2D eigenvalue weighted by Gasteiger charge is -2.10. The summed E-state index contributed by atoms with van der Waals surface area (Å²) >= 11 is 0. The number of nitrogens with one attached hydrogen (secondary N) is 2. The van der Waals surface area contributed by atoms with E-state index in [-0.39, 0.29) is 5.82 Å². The van der Waals surface area contributed by atoms with Crippen LogP contribution in [0.2, 0.25) is 0 Å². The van der Waals surface area contributed by atoms with Gasteiger partial charge in [0.25, 0.3) is 0 Å². The second-order valence-electron chi connectivity index (χ2n) is 5.74. The van der Waals surface area contributed by atoms with Gasteiger partial charge in [0.2, 0.25) is 0 Å². The Morgan fingerprint density at radius 2 is 2.12 bits per heavy atom. The number of aryl methyl sites for hydroxylation is 1. The van der Waals surface area contributed by atoms with Crippen molar-refractivity contribution in [1.82, 2.24) is 10.6 Å². The first-order valence-corrected chi connectivity index (χ1v) is 8.39. The Morgan fingerprint density at radius 3 is 2.88 bits per heavy atom. The molecule has 0 saturated heterocycles. The zero-order valence-electron chi connectivity index (χ0n) is 14.4. The van der Waals surface area contributed by atoms with E-state index < -0.39 is 0 Å². The Morgan fingerprint density at radius 1 is 1.24 bits per heavy atom. The number of hydrogen-bond donors (Lipinski definition) is 2. The molecule has 0 atom stereocenters. The summed E-state index contributed by atoms with van der Waals surface area (Å²) in [7, 11) is 0. The molecule has 0 unspecified atom stereocenters. The highest BCUT2D eigenvalue weighted by Crippen LogP contribution is 2.26. The summed E-state index contributed by atoms with van der Waals surface area (Å²) in [5.41, 5.74) is 1.60. The highest BCUT2D eigenvalue weighted by molar-refractivity contribution is 5.82. The van der Waals surface area contributed by atoms with Gasteiger partial charge in [-0.3, -0.25) is 0 Å². The number of benzene rings is 1. The zero-order chi connectivity index (χ0) is 17.6. The molecule has 2 N–H and O–H groups in total. The molecule has 2 heterocycles. The first kappa shape index (κ1) is 17.1. The molecule has 3 aromatic rings. The number of furan rings is 2. The molecule has 25 heavy (non-hydrogen) atoms. The van der Waals surface area contributed by atoms with E-state index in [4.69, 9.17) is 8.83 Å². The zero-order valence-corrected chi connectivity index (χ0v) is 14.4. The summed E-state index contributed by atoms with van der Waals surface area (Å²) in [5.74, 6) is 2.11. The topological polar surface area (TPSA) is 62.7 Å². The smallest absolute Gasteiger partial charge is 0.191 e. The molecule has 0 amide bonds. The Labute approximate surface area is 145 Å². The van der Waals surface area contributed by atoms with E-state index >= 15 is 0 Å².